The molecule has 1 atom stereocenters. The fourth-order valence-electron chi connectivity index (χ4n) is 3.42. The molecule has 7 nitrogen and oxygen atoms in total. The van der Waals surface area contributed by atoms with E-state index in [2.05, 4.69) is 0 Å². The number of primary amides is 1. The van der Waals surface area contributed by atoms with Gasteiger partial charge >= 0.3 is 5.97 Å². The zero-order chi connectivity index (χ0) is 23.1. The van der Waals surface area contributed by atoms with Crippen LogP contribution < -0.4 is 15.2 Å². The van der Waals surface area contributed by atoms with Gasteiger partial charge in [-0.3, -0.25) is 14.4 Å². The van der Waals surface area contributed by atoms with E-state index in [9.17, 15) is 14.4 Å². The number of rotatable bonds is 8. The van der Waals surface area contributed by atoms with Crippen LogP contribution >= 0.6 is 0 Å². The first-order chi connectivity index (χ1) is 15.4. The van der Waals surface area contributed by atoms with Crippen molar-refractivity contribution in [1.29, 1.82) is 0 Å². The highest BCUT2D eigenvalue weighted by atomic mass is 16.5. The summed E-state index contributed by atoms with van der Waals surface area (Å²) < 4.78 is 10.5. The molecule has 164 valence electrons. The van der Waals surface area contributed by atoms with E-state index in [0.717, 1.165) is 5.56 Å². The van der Waals surface area contributed by atoms with Gasteiger partial charge in [-0.15, -0.1) is 0 Å². The maximum Gasteiger partial charge on any atom is 0.308 e. The largest absolute Gasteiger partial charge is 0.497 e. The number of carbonyl (C=O) groups is 3. The molecule has 0 saturated carbocycles. The second-order valence-electron chi connectivity index (χ2n) is 7.09. The second-order valence-corrected chi connectivity index (χ2v) is 7.09. The van der Waals surface area contributed by atoms with E-state index in [1.807, 2.05) is 12.1 Å². The lowest BCUT2D eigenvalue weighted by atomic mass is 10.0. The number of nitrogens with zero attached hydrogens (tertiary/aromatic N) is 1. The van der Waals surface area contributed by atoms with Crippen LogP contribution in [0, 0.1) is 0 Å². The van der Waals surface area contributed by atoms with E-state index in [1.54, 1.807) is 67.8 Å². The van der Waals surface area contributed by atoms with Gasteiger partial charge in [-0.1, -0.05) is 54.6 Å². The Labute approximate surface area is 186 Å². The van der Waals surface area contributed by atoms with E-state index < -0.39 is 23.8 Å². The SMILES string of the molecule is COc1cccc(CN(C(=O)c2ccccc2OC(C)=O)C(C(N)=O)c2ccccc2)c1. The van der Waals surface area contributed by atoms with Gasteiger partial charge in [0, 0.05) is 13.5 Å². The molecule has 2 amide bonds. The van der Waals surface area contributed by atoms with Crippen molar-refractivity contribution in [3.05, 3.63) is 95.6 Å². The quantitative estimate of drug-likeness (QED) is 0.434. The molecule has 7 heteroatoms. The number of para-hydroxylation sites is 1. The van der Waals surface area contributed by atoms with Crippen molar-refractivity contribution >= 4 is 17.8 Å². The number of esters is 1. The summed E-state index contributed by atoms with van der Waals surface area (Å²) in [5.74, 6) is -1.02. The summed E-state index contributed by atoms with van der Waals surface area (Å²) in [5, 5.41) is 0. The first kappa shape index (κ1) is 22.6. The minimum absolute atomic E-state index is 0.0763. The molecule has 3 aromatic carbocycles. The van der Waals surface area contributed by atoms with Gasteiger partial charge in [-0.05, 0) is 35.4 Å². The standard InChI is InChI=1S/C25H24N2O5/c1-17(28)32-22-14-7-6-13-21(22)25(30)27(16-18-9-8-12-20(15-18)31-2)23(24(26)29)19-10-4-3-5-11-19/h3-15,23H,16H2,1-2H3,(H2,26,29). The summed E-state index contributed by atoms with van der Waals surface area (Å²) >= 11 is 0. The summed E-state index contributed by atoms with van der Waals surface area (Å²) in [6.07, 6.45) is 0. The van der Waals surface area contributed by atoms with Gasteiger partial charge in [0.15, 0.2) is 0 Å². The van der Waals surface area contributed by atoms with Crippen LogP contribution in [0.3, 0.4) is 0 Å². The minimum Gasteiger partial charge on any atom is -0.497 e. The number of hydrogen-bond donors (Lipinski definition) is 1. The van der Waals surface area contributed by atoms with Gasteiger partial charge < -0.3 is 20.1 Å². The lowest BCUT2D eigenvalue weighted by Crippen LogP contribution is -2.41. The van der Waals surface area contributed by atoms with E-state index >= 15 is 0 Å². The molecule has 0 heterocycles. The van der Waals surface area contributed by atoms with Gasteiger partial charge in [0.1, 0.15) is 17.5 Å². The van der Waals surface area contributed by atoms with E-state index in [0.29, 0.717) is 11.3 Å². The highest BCUT2D eigenvalue weighted by Gasteiger charge is 2.32. The molecule has 1 unspecified atom stereocenters. The fraction of sp³-hybridized carbons (Fsp3) is 0.160. The fourth-order valence-corrected chi connectivity index (χ4v) is 3.42. The Morgan fingerprint density at radius 1 is 0.938 bits per heavy atom. The molecule has 32 heavy (non-hydrogen) atoms. The first-order valence-electron chi connectivity index (χ1n) is 9.96. The highest BCUT2D eigenvalue weighted by Crippen LogP contribution is 2.29. The van der Waals surface area contributed by atoms with Gasteiger partial charge in [-0.2, -0.15) is 0 Å². The van der Waals surface area contributed by atoms with Crippen LogP contribution in [0.5, 0.6) is 11.5 Å². The predicted octanol–water partition coefficient (Wildman–Crippen LogP) is 3.49. The number of ether oxygens (including phenoxy) is 2. The van der Waals surface area contributed by atoms with Crippen molar-refractivity contribution in [2.45, 2.75) is 19.5 Å². The van der Waals surface area contributed by atoms with Crippen LogP contribution in [0.4, 0.5) is 0 Å². The van der Waals surface area contributed by atoms with Crippen molar-refractivity contribution in [1.82, 2.24) is 4.90 Å². The maximum absolute atomic E-state index is 13.7. The molecule has 0 radical (unpaired) electrons. The Hall–Kier alpha value is -4.13. The number of methoxy groups -OCH3 is 1. The molecular weight excluding hydrogens is 408 g/mol. The molecule has 0 aliphatic heterocycles. The topological polar surface area (TPSA) is 98.9 Å². The number of amides is 2. The number of hydrogen-bond acceptors (Lipinski definition) is 5. The normalized spacial score (nSPS) is 11.3. The average molecular weight is 432 g/mol. The predicted molar refractivity (Wildman–Crippen MR) is 119 cm³/mol. The minimum atomic E-state index is -1.04. The molecule has 0 saturated heterocycles. The first-order valence-corrected chi connectivity index (χ1v) is 9.96. The third-order valence-electron chi connectivity index (χ3n) is 4.82. The van der Waals surface area contributed by atoms with Gasteiger partial charge in [-0.25, -0.2) is 0 Å². The zero-order valence-electron chi connectivity index (χ0n) is 17.9. The van der Waals surface area contributed by atoms with Crippen molar-refractivity contribution in [2.24, 2.45) is 5.73 Å². The van der Waals surface area contributed by atoms with E-state index in [-0.39, 0.29) is 17.9 Å². The monoisotopic (exact) mass is 432 g/mol. The second kappa shape index (κ2) is 10.3. The Kier molecular flexibility index (Phi) is 7.23. The lowest BCUT2D eigenvalue weighted by Gasteiger charge is -2.31. The summed E-state index contributed by atoms with van der Waals surface area (Å²) in [5.41, 5.74) is 7.23. The molecule has 0 aliphatic rings. The smallest absolute Gasteiger partial charge is 0.308 e. The molecule has 0 spiro atoms. The summed E-state index contributed by atoms with van der Waals surface area (Å²) in [6, 6.07) is 21.4. The van der Waals surface area contributed by atoms with Gasteiger partial charge in [0.05, 0.1) is 12.7 Å². The van der Waals surface area contributed by atoms with Crippen LogP contribution in [-0.2, 0) is 16.1 Å². The van der Waals surface area contributed by atoms with Crippen molar-refractivity contribution in [3.8, 4) is 11.5 Å². The summed E-state index contributed by atoms with van der Waals surface area (Å²) in [6.45, 7) is 1.33. The zero-order valence-corrected chi connectivity index (χ0v) is 17.9. The number of benzene rings is 3. The third kappa shape index (κ3) is 5.31. The molecule has 0 fully saturated rings. The Balaban J connectivity index is 2.10. The van der Waals surface area contributed by atoms with E-state index in [1.165, 1.54) is 17.9 Å². The molecule has 0 aromatic heterocycles. The molecule has 0 bridgehead atoms. The Bertz CT molecular complexity index is 1110. The van der Waals surface area contributed by atoms with Crippen molar-refractivity contribution in [3.63, 3.8) is 0 Å². The number of nitrogens with two attached hydrogens (primary N) is 1. The Morgan fingerprint density at radius 2 is 1.62 bits per heavy atom. The van der Waals surface area contributed by atoms with Crippen LogP contribution in [0.2, 0.25) is 0 Å². The number of carbonyl (C=O) groups excluding carboxylic acids is 3. The van der Waals surface area contributed by atoms with Crippen molar-refractivity contribution < 1.29 is 23.9 Å². The van der Waals surface area contributed by atoms with Gasteiger partial charge in [0.2, 0.25) is 5.91 Å². The molecular formula is C25H24N2O5. The Morgan fingerprint density at radius 3 is 2.28 bits per heavy atom. The van der Waals surface area contributed by atoms with E-state index in [4.69, 9.17) is 15.2 Å². The van der Waals surface area contributed by atoms with Gasteiger partial charge in [0.25, 0.3) is 5.91 Å². The third-order valence-corrected chi connectivity index (χ3v) is 4.82. The molecule has 3 aromatic rings. The summed E-state index contributed by atoms with van der Waals surface area (Å²) in [7, 11) is 1.55. The average Bonchev–Trinajstić information content (AvgIpc) is 2.79. The van der Waals surface area contributed by atoms with Crippen LogP contribution in [0.25, 0.3) is 0 Å². The van der Waals surface area contributed by atoms with Crippen LogP contribution in [0.1, 0.15) is 34.5 Å². The van der Waals surface area contributed by atoms with Crippen LogP contribution in [-0.4, -0.2) is 29.8 Å². The summed E-state index contributed by atoms with van der Waals surface area (Å²) in [4.78, 5) is 39.2. The van der Waals surface area contributed by atoms with Crippen molar-refractivity contribution in [2.75, 3.05) is 7.11 Å². The molecule has 3 rings (SSSR count). The maximum atomic E-state index is 13.7. The highest BCUT2D eigenvalue weighted by molar-refractivity contribution is 6.00. The molecule has 2 N–H and O–H groups in total. The van der Waals surface area contributed by atoms with Crippen LogP contribution in [0.15, 0.2) is 78.9 Å². The molecule has 0 aliphatic carbocycles. The lowest BCUT2D eigenvalue weighted by molar-refractivity contribution is -0.132.